The van der Waals surface area contributed by atoms with E-state index in [4.69, 9.17) is 20.9 Å². The van der Waals surface area contributed by atoms with Crippen LogP contribution in [0.25, 0.3) is 0 Å². The van der Waals surface area contributed by atoms with Crippen LogP contribution in [0.1, 0.15) is 30.1 Å². The number of hydrogen-bond donors (Lipinski definition) is 0. The minimum Gasteiger partial charge on any atom is -0.494 e. The van der Waals surface area contributed by atoms with Crippen LogP contribution < -0.4 is 15.3 Å². The first-order chi connectivity index (χ1) is 11.2. The van der Waals surface area contributed by atoms with E-state index in [1.54, 1.807) is 0 Å². The van der Waals surface area contributed by atoms with Gasteiger partial charge in [-0.3, -0.25) is 4.79 Å². The van der Waals surface area contributed by atoms with Gasteiger partial charge in [-0.1, -0.05) is 55.3 Å². The van der Waals surface area contributed by atoms with Crippen molar-refractivity contribution in [1.82, 2.24) is 0 Å². The van der Waals surface area contributed by atoms with E-state index < -0.39 is 8.15 Å². The lowest BCUT2D eigenvalue weighted by Crippen LogP contribution is -2.15. The molecule has 23 heavy (non-hydrogen) atoms. The monoisotopic (exact) mass is 350 g/mol. The smallest absolute Gasteiger partial charge is 0.153 e. The van der Waals surface area contributed by atoms with Crippen LogP contribution in [0, 0.1) is 0 Å². The van der Waals surface area contributed by atoms with E-state index in [1.165, 1.54) is 7.11 Å². The highest BCUT2D eigenvalue weighted by atomic mass is 35.5. The molecule has 1 unspecified atom stereocenters. The number of benzene rings is 2. The van der Waals surface area contributed by atoms with Crippen LogP contribution >= 0.6 is 19.7 Å². The van der Waals surface area contributed by atoms with Crippen LogP contribution in [0.15, 0.2) is 42.5 Å². The van der Waals surface area contributed by atoms with Gasteiger partial charge in [-0.2, -0.15) is 0 Å². The lowest BCUT2D eigenvalue weighted by atomic mass is 10.2. The average Bonchev–Trinajstić information content (AvgIpc) is 2.58. The van der Waals surface area contributed by atoms with Crippen molar-refractivity contribution in [2.75, 3.05) is 13.7 Å². The van der Waals surface area contributed by atoms with Gasteiger partial charge in [-0.25, -0.2) is 0 Å². The van der Waals surface area contributed by atoms with Crippen LogP contribution in [0.4, 0.5) is 0 Å². The van der Waals surface area contributed by atoms with E-state index in [0.717, 1.165) is 29.7 Å². The number of halogens is 1. The molecule has 0 radical (unpaired) electrons. The van der Waals surface area contributed by atoms with Gasteiger partial charge in [0.1, 0.15) is 5.75 Å². The zero-order valence-corrected chi connectivity index (χ0v) is 14.9. The Balaban J connectivity index is 2.42. The fourth-order valence-electron chi connectivity index (χ4n) is 2.18. The first-order valence-corrected chi connectivity index (χ1v) is 9.15. The summed E-state index contributed by atoms with van der Waals surface area (Å²) in [6, 6.07) is 13.7. The Hall–Kier alpha value is -1.41. The number of hydrogen-bond acceptors (Lipinski definition) is 3. The maximum atomic E-state index is 11.3. The Morgan fingerprint density at radius 1 is 1.17 bits per heavy atom. The summed E-state index contributed by atoms with van der Waals surface area (Å²) in [7, 11) is 0.489. The van der Waals surface area contributed by atoms with E-state index in [2.05, 4.69) is 6.92 Å². The Labute approximate surface area is 143 Å². The predicted molar refractivity (Wildman–Crippen MR) is 96.9 cm³/mol. The number of carbonyl (C=O) groups excluding carboxylic acids is 1. The molecule has 0 aromatic heterocycles. The number of ether oxygens (including phenoxy) is 1. The van der Waals surface area contributed by atoms with Crippen molar-refractivity contribution in [3.8, 4) is 5.75 Å². The number of carbonyl (C=O) groups is 1. The molecule has 0 aliphatic rings. The molecule has 0 aliphatic heterocycles. The minimum absolute atomic E-state index is 0.405. The lowest BCUT2D eigenvalue weighted by Gasteiger charge is -2.20. The van der Waals surface area contributed by atoms with Gasteiger partial charge in [0.2, 0.25) is 0 Å². The fraction of sp³-hybridized carbons (Fsp3) is 0.278. The zero-order valence-electron chi connectivity index (χ0n) is 13.3. The van der Waals surface area contributed by atoms with Crippen molar-refractivity contribution in [3.63, 3.8) is 0 Å². The predicted octanol–water partition coefficient (Wildman–Crippen LogP) is 4.33. The highest BCUT2D eigenvalue weighted by Gasteiger charge is 2.19. The molecule has 0 heterocycles. The number of unbranched alkanes of at least 4 members (excludes halogenated alkanes) is 1. The van der Waals surface area contributed by atoms with Gasteiger partial charge in [0, 0.05) is 10.6 Å². The van der Waals surface area contributed by atoms with Crippen LogP contribution in [0.3, 0.4) is 0 Å². The van der Waals surface area contributed by atoms with Gasteiger partial charge in [-0.15, -0.1) is 0 Å². The van der Waals surface area contributed by atoms with Crippen molar-refractivity contribution in [2.24, 2.45) is 0 Å². The van der Waals surface area contributed by atoms with Crippen molar-refractivity contribution < 1.29 is 14.1 Å². The van der Waals surface area contributed by atoms with Crippen LogP contribution in [-0.4, -0.2) is 20.0 Å². The van der Waals surface area contributed by atoms with Crippen LogP contribution in [0.5, 0.6) is 5.75 Å². The molecule has 2 rings (SSSR count). The Morgan fingerprint density at radius 3 is 2.52 bits per heavy atom. The Morgan fingerprint density at radius 2 is 1.91 bits per heavy atom. The molecule has 5 heteroatoms. The summed E-state index contributed by atoms with van der Waals surface area (Å²) < 4.78 is 11.3. The van der Waals surface area contributed by atoms with Gasteiger partial charge < -0.3 is 9.26 Å². The first kappa shape index (κ1) is 17.9. The van der Waals surface area contributed by atoms with E-state index in [0.29, 0.717) is 22.9 Å². The summed E-state index contributed by atoms with van der Waals surface area (Å²) in [5.74, 6) is 0.405. The molecule has 0 saturated carbocycles. The second-order valence-electron chi connectivity index (χ2n) is 4.98. The van der Waals surface area contributed by atoms with Gasteiger partial charge >= 0.3 is 0 Å². The molecule has 0 spiro atoms. The maximum Gasteiger partial charge on any atom is 0.153 e. The van der Waals surface area contributed by atoms with Crippen molar-refractivity contribution in [3.05, 3.63) is 53.1 Å². The van der Waals surface area contributed by atoms with Gasteiger partial charge in [0.15, 0.2) is 6.29 Å². The molecule has 0 amide bonds. The van der Waals surface area contributed by atoms with Crippen LogP contribution in [0.2, 0.25) is 5.02 Å². The highest BCUT2D eigenvalue weighted by Crippen LogP contribution is 2.38. The topological polar surface area (TPSA) is 35.5 Å². The summed E-state index contributed by atoms with van der Waals surface area (Å²) in [5.41, 5.74) is 0.442. The van der Waals surface area contributed by atoms with Crippen molar-refractivity contribution in [2.45, 2.75) is 19.8 Å². The summed E-state index contributed by atoms with van der Waals surface area (Å²) in [5, 5.41) is 2.43. The van der Waals surface area contributed by atoms with E-state index in [1.807, 2.05) is 42.5 Å². The molecule has 0 aliphatic carbocycles. The molecule has 122 valence electrons. The fourth-order valence-corrected chi connectivity index (χ4v) is 4.42. The lowest BCUT2D eigenvalue weighted by molar-refractivity contribution is 0.112. The zero-order chi connectivity index (χ0) is 16.7. The molecular formula is C18H20ClO3P. The number of methoxy groups -OCH3 is 1. The van der Waals surface area contributed by atoms with Gasteiger partial charge in [0.25, 0.3) is 0 Å². The molecule has 2 aromatic carbocycles. The van der Waals surface area contributed by atoms with Crippen molar-refractivity contribution in [1.29, 1.82) is 0 Å². The third kappa shape index (κ3) is 4.54. The SMILES string of the molecule is CCCCOP(c1ccccc1)c1cc(Cl)c(OC)c(C=O)c1. The number of rotatable bonds is 8. The molecule has 2 aromatic rings. The molecule has 1 atom stereocenters. The normalized spacial score (nSPS) is 12.0. The van der Waals surface area contributed by atoms with E-state index in [-0.39, 0.29) is 0 Å². The second kappa shape index (κ2) is 9.02. The third-order valence-electron chi connectivity index (χ3n) is 3.33. The summed E-state index contributed by atoms with van der Waals surface area (Å²) >= 11 is 6.28. The first-order valence-electron chi connectivity index (χ1n) is 7.52. The van der Waals surface area contributed by atoms with Gasteiger partial charge in [-0.05, 0) is 18.6 Å². The second-order valence-corrected chi connectivity index (χ2v) is 7.27. The minimum atomic E-state index is -1.02. The van der Waals surface area contributed by atoms with E-state index >= 15 is 0 Å². The molecule has 3 nitrogen and oxygen atoms in total. The average molecular weight is 351 g/mol. The van der Waals surface area contributed by atoms with E-state index in [9.17, 15) is 4.79 Å². The summed E-state index contributed by atoms with van der Waals surface area (Å²) in [4.78, 5) is 11.3. The third-order valence-corrected chi connectivity index (χ3v) is 5.55. The Bertz CT molecular complexity index is 646. The molecular weight excluding hydrogens is 331 g/mol. The summed E-state index contributed by atoms with van der Waals surface area (Å²) in [6.07, 6.45) is 2.83. The molecule has 0 bridgehead atoms. The maximum absolute atomic E-state index is 11.3. The van der Waals surface area contributed by atoms with Crippen molar-refractivity contribution >= 4 is 36.6 Å². The van der Waals surface area contributed by atoms with Crippen LogP contribution in [-0.2, 0) is 4.52 Å². The largest absolute Gasteiger partial charge is 0.494 e. The molecule has 0 fully saturated rings. The van der Waals surface area contributed by atoms with Gasteiger partial charge in [0.05, 0.1) is 32.5 Å². The summed E-state index contributed by atoms with van der Waals surface area (Å²) in [6.45, 7) is 2.81. The highest BCUT2D eigenvalue weighted by molar-refractivity contribution is 7.68. The Kier molecular flexibility index (Phi) is 7.04. The standard InChI is InChI=1S/C18H20ClO3P/c1-3-4-10-22-23(15-8-6-5-7-9-15)16-11-14(13-20)18(21-2)17(19)12-16/h5-9,11-13H,3-4,10H2,1-2H3. The quantitative estimate of drug-likeness (QED) is 0.404. The molecule has 0 N–H and O–H groups in total. The number of aldehydes is 1. The molecule has 0 saturated heterocycles.